The van der Waals surface area contributed by atoms with Gasteiger partial charge in [0.2, 0.25) is 5.91 Å². The van der Waals surface area contributed by atoms with Gasteiger partial charge in [0.25, 0.3) is 0 Å². The Hall–Kier alpha value is -1.02. The summed E-state index contributed by atoms with van der Waals surface area (Å²) in [6.07, 6.45) is -15.7. The van der Waals surface area contributed by atoms with Gasteiger partial charge in [0.05, 0.1) is 13.2 Å². The van der Waals surface area contributed by atoms with Gasteiger partial charge in [-0.1, -0.05) is 0 Å². The first-order valence-corrected chi connectivity index (χ1v) is 10.1. The maximum absolute atomic E-state index is 11.3. The highest BCUT2D eigenvalue weighted by Gasteiger charge is 2.52. The van der Waals surface area contributed by atoms with E-state index in [0.717, 1.165) is 6.92 Å². The van der Waals surface area contributed by atoms with Gasteiger partial charge in [0.1, 0.15) is 48.8 Å². The molecule has 0 aromatic carbocycles. The van der Waals surface area contributed by atoms with Crippen molar-refractivity contribution in [1.82, 2.24) is 5.32 Å². The molecule has 16 heteroatoms. The predicted octanol–water partition coefficient (Wildman–Crippen LogP) is -5.43. The van der Waals surface area contributed by atoms with Gasteiger partial charge >= 0.3 is 10.4 Å². The van der Waals surface area contributed by atoms with Crippen LogP contribution in [0.2, 0.25) is 0 Å². The summed E-state index contributed by atoms with van der Waals surface area (Å²) in [7, 11) is -5.14. The van der Waals surface area contributed by atoms with Gasteiger partial charge in [-0.3, -0.25) is 9.35 Å². The van der Waals surface area contributed by atoms with Gasteiger partial charge in [0.15, 0.2) is 12.6 Å². The Labute approximate surface area is 170 Å². The quantitative estimate of drug-likeness (QED) is 0.164. The Balaban J connectivity index is 2.26. The van der Waals surface area contributed by atoms with E-state index < -0.39 is 90.9 Å². The number of aliphatic hydroxyl groups is 6. The zero-order chi connectivity index (χ0) is 22.8. The van der Waals surface area contributed by atoms with Gasteiger partial charge in [-0.05, 0) is 0 Å². The molecule has 10 atom stereocenters. The molecule has 0 spiro atoms. The van der Waals surface area contributed by atoms with E-state index in [9.17, 15) is 43.9 Å². The Morgan fingerprint density at radius 3 is 2.07 bits per heavy atom. The number of carbonyl (C=O) groups excluding carboxylic acids is 1. The zero-order valence-electron chi connectivity index (χ0n) is 15.6. The average Bonchev–Trinajstić information content (AvgIpc) is 2.65. The normalized spacial score (nSPS) is 42.7. The van der Waals surface area contributed by atoms with Crippen molar-refractivity contribution < 1.29 is 66.8 Å². The van der Waals surface area contributed by atoms with Crippen molar-refractivity contribution in [2.45, 2.75) is 68.3 Å². The Morgan fingerprint density at radius 2 is 1.57 bits per heavy atom. The molecule has 0 bridgehead atoms. The molecule has 15 nitrogen and oxygen atoms in total. The zero-order valence-corrected chi connectivity index (χ0v) is 16.4. The second-order valence-electron chi connectivity index (χ2n) is 6.76. The number of ether oxygens (including phenoxy) is 3. The summed E-state index contributed by atoms with van der Waals surface area (Å²) < 4.78 is 50.8. The fourth-order valence-electron chi connectivity index (χ4n) is 3.21. The van der Waals surface area contributed by atoms with Crippen molar-refractivity contribution in [3.63, 3.8) is 0 Å². The van der Waals surface area contributed by atoms with Crippen LogP contribution in [0.4, 0.5) is 0 Å². The lowest BCUT2D eigenvalue weighted by atomic mass is 9.95. The van der Waals surface area contributed by atoms with Gasteiger partial charge in [0, 0.05) is 6.92 Å². The first-order valence-electron chi connectivity index (χ1n) is 8.72. The molecule has 2 heterocycles. The van der Waals surface area contributed by atoms with Crippen molar-refractivity contribution >= 4 is 16.3 Å². The van der Waals surface area contributed by atoms with Gasteiger partial charge in [-0.2, -0.15) is 8.42 Å². The van der Waals surface area contributed by atoms with E-state index in [2.05, 4.69) is 9.50 Å². The molecule has 0 aliphatic carbocycles. The third-order valence-corrected chi connectivity index (χ3v) is 5.05. The summed E-state index contributed by atoms with van der Waals surface area (Å²) in [4.78, 5) is 11.3. The molecule has 8 N–H and O–H groups in total. The molecule has 176 valence electrons. The van der Waals surface area contributed by atoms with Crippen LogP contribution in [-0.4, -0.2) is 124 Å². The number of rotatable bonds is 7. The van der Waals surface area contributed by atoms with Gasteiger partial charge < -0.3 is 50.2 Å². The minimum absolute atomic E-state index is 0.637. The average molecular weight is 463 g/mol. The van der Waals surface area contributed by atoms with E-state index in [1.54, 1.807) is 0 Å². The van der Waals surface area contributed by atoms with Crippen molar-refractivity contribution in [2.75, 3.05) is 13.2 Å². The second-order valence-corrected chi connectivity index (χ2v) is 7.81. The van der Waals surface area contributed by atoms with E-state index >= 15 is 0 Å². The number of nitrogens with one attached hydrogen (secondary N) is 1. The molecule has 2 rings (SSSR count). The van der Waals surface area contributed by atoms with Crippen LogP contribution < -0.4 is 5.32 Å². The van der Waals surface area contributed by atoms with Crippen LogP contribution in [0.25, 0.3) is 0 Å². The van der Waals surface area contributed by atoms with E-state index in [1.165, 1.54) is 0 Å². The number of carbonyl (C=O) groups is 1. The molecular formula is C14H25NO14S. The molecule has 0 aromatic rings. The number of hydrogen-bond acceptors (Lipinski definition) is 13. The SMILES string of the molecule is CC(=O)N[C@@H]1[C@@H](O)[C@H](O[C@@H]2O[C@H](CO)[C@H](O)[C@H](OS(=O)(=O)O)[C@H]2O)[C@@H](CO)O[C@H]1O. The Bertz CT molecular complexity index is 690. The largest absolute Gasteiger partial charge is 0.397 e. The summed E-state index contributed by atoms with van der Waals surface area (Å²) in [6, 6.07) is -1.40. The minimum Gasteiger partial charge on any atom is -0.394 e. The molecule has 30 heavy (non-hydrogen) atoms. The maximum Gasteiger partial charge on any atom is 0.397 e. The first kappa shape index (κ1) is 25.2. The highest BCUT2D eigenvalue weighted by molar-refractivity contribution is 7.80. The number of amides is 1. The molecule has 2 aliphatic heterocycles. The molecular weight excluding hydrogens is 438 g/mol. The van der Waals surface area contributed by atoms with Crippen molar-refractivity contribution in [2.24, 2.45) is 0 Å². The highest BCUT2D eigenvalue weighted by atomic mass is 32.3. The fraction of sp³-hybridized carbons (Fsp3) is 0.929. The lowest BCUT2D eigenvalue weighted by Gasteiger charge is -2.46. The monoisotopic (exact) mass is 463 g/mol. The van der Waals surface area contributed by atoms with Crippen LogP contribution in [-0.2, 0) is 33.6 Å². The smallest absolute Gasteiger partial charge is 0.394 e. The summed E-state index contributed by atoms with van der Waals surface area (Å²) in [5.74, 6) is -0.637. The third-order valence-electron chi connectivity index (χ3n) is 4.59. The summed E-state index contributed by atoms with van der Waals surface area (Å²) in [5.41, 5.74) is 0. The third kappa shape index (κ3) is 5.81. The van der Waals surface area contributed by atoms with Gasteiger partial charge in [-0.15, -0.1) is 0 Å². The molecule has 1 amide bonds. The van der Waals surface area contributed by atoms with Gasteiger partial charge in [-0.25, -0.2) is 4.18 Å². The van der Waals surface area contributed by atoms with Crippen LogP contribution >= 0.6 is 0 Å². The van der Waals surface area contributed by atoms with E-state index in [-0.39, 0.29) is 0 Å². The number of aliphatic hydroxyl groups excluding tert-OH is 6. The number of hydrogen-bond donors (Lipinski definition) is 8. The van der Waals surface area contributed by atoms with Crippen LogP contribution in [0.15, 0.2) is 0 Å². The summed E-state index contributed by atoms with van der Waals surface area (Å²) >= 11 is 0. The topological polar surface area (TPSA) is 242 Å². The molecule has 0 radical (unpaired) electrons. The molecule has 2 aliphatic rings. The van der Waals surface area contributed by atoms with E-state index in [1.807, 2.05) is 0 Å². The predicted molar refractivity (Wildman–Crippen MR) is 90.6 cm³/mol. The minimum atomic E-state index is -5.14. The molecule has 2 fully saturated rings. The maximum atomic E-state index is 11.3. The van der Waals surface area contributed by atoms with Crippen LogP contribution in [0, 0.1) is 0 Å². The lowest BCUT2D eigenvalue weighted by Crippen LogP contribution is -2.67. The molecule has 0 aromatic heterocycles. The standard InChI is InChI=1S/C14H25NO14S/c1-4(18)15-7-9(20)11(6(3-17)26-13(7)22)28-14-10(21)12(29-30(23,24)25)8(19)5(2-16)27-14/h5-14,16-17,19-22H,2-3H2,1H3,(H,15,18)(H,23,24,25)/t5-,6-,7-,8+,9-,10-,11-,12+,13-,14+/m1/s1. The molecule has 0 saturated carbocycles. The van der Waals surface area contributed by atoms with E-state index in [0.29, 0.717) is 0 Å². The van der Waals surface area contributed by atoms with Crippen LogP contribution in [0.3, 0.4) is 0 Å². The summed E-state index contributed by atoms with van der Waals surface area (Å²) in [5, 5.41) is 61.8. The fourth-order valence-corrected chi connectivity index (χ4v) is 3.72. The Kier molecular flexibility index (Phi) is 8.47. The second kappa shape index (κ2) is 10.1. The van der Waals surface area contributed by atoms with Crippen molar-refractivity contribution in [3.05, 3.63) is 0 Å². The van der Waals surface area contributed by atoms with Crippen molar-refractivity contribution in [3.8, 4) is 0 Å². The Morgan fingerprint density at radius 1 is 0.967 bits per heavy atom. The molecule has 0 unspecified atom stereocenters. The molecule has 2 saturated heterocycles. The lowest BCUT2D eigenvalue weighted by molar-refractivity contribution is -0.343. The van der Waals surface area contributed by atoms with E-state index in [4.69, 9.17) is 18.8 Å². The first-order chi connectivity index (χ1) is 13.9. The highest BCUT2D eigenvalue weighted by Crippen LogP contribution is 2.30. The van der Waals surface area contributed by atoms with Crippen LogP contribution in [0.1, 0.15) is 6.92 Å². The van der Waals surface area contributed by atoms with Crippen LogP contribution in [0.5, 0.6) is 0 Å². The van der Waals surface area contributed by atoms with Crippen molar-refractivity contribution in [1.29, 1.82) is 0 Å². The summed E-state index contributed by atoms with van der Waals surface area (Å²) in [6.45, 7) is -0.559.